The summed E-state index contributed by atoms with van der Waals surface area (Å²) >= 11 is 5.14. The van der Waals surface area contributed by atoms with E-state index < -0.39 is 0 Å². The molecule has 0 aliphatic rings. The summed E-state index contributed by atoms with van der Waals surface area (Å²) in [5.41, 5.74) is 2.65. The van der Waals surface area contributed by atoms with Gasteiger partial charge in [-0.15, -0.1) is 11.3 Å². The third-order valence-corrected chi connectivity index (χ3v) is 4.72. The Bertz CT molecular complexity index is 507. The average molecular weight is 325 g/mol. The van der Waals surface area contributed by atoms with Crippen LogP contribution in [0.25, 0.3) is 0 Å². The van der Waals surface area contributed by atoms with Gasteiger partial charge in [0.15, 0.2) is 0 Å². The van der Waals surface area contributed by atoms with E-state index in [9.17, 15) is 5.11 Å². The molecule has 2 aromatic rings. The Morgan fingerprint density at radius 3 is 2.67 bits per heavy atom. The number of aryl methyl sites for hydroxylation is 2. The first kappa shape index (κ1) is 13.8. The Morgan fingerprint density at radius 1 is 1.22 bits per heavy atom. The molecule has 0 saturated carbocycles. The van der Waals surface area contributed by atoms with Crippen LogP contribution in [-0.2, 0) is 12.8 Å². The van der Waals surface area contributed by atoms with Crippen molar-refractivity contribution in [2.24, 2.45) is 0 Å². The van der Waals surface area contributed by atoms with E-state index in [0.29, 0.717) is 0 Å². The number of benzene rings is 1. The molecule has 1 heterocycles. The van der Waals surface area contributed by atoms with Gasteiger partial charge in [0.25, 0.3) is 0 Å². The van der Waals surface area contributed by atoms with Crippen LogP contribution in [-0.4, -0.2) is 11.2 Å². The summed E-state index contributed by atoms with van der Waals surface area (Å²) in [6.07, 6.45) is 2.26. The van der Waals surface area contributed by atoms with E-state index in [-0.39, 0.29) is 6.10 Å². The molecule has 1 aromatic carbocycles. The van der Waals surface area contributed by atoms with Crippen molar-refractivity contribution in [3.05, 3.63) is 56.2 Å². The predicted molar refractivity (Wildman–Crippen MR) is 81.2 cm³/mol. The molecular formula is C15H17BrOS. The van der Waals surface area contributed by atoms with Crippen LogP contribution in [0, 0.1) is 6.92 Å². The quantitative estimate of drug-likeness (QED) is 0.866. The molecule has 0 aliphatic heterocycles. The number of hydrogen-bond donors (Lipinski definition) is 1. The Kier molecular flexibility index (Phi) is 4.98. The van der Waals surface area contributed by atoms with Gasteiger partial charge < -0.3 is 5.11 Å². The molecular weight excluding hydrogens is 308 g/mol. The van der Waals surface area contributed by atoms with E-state index in [1.807, 2.05) is 6.07 Å². The van der Waals surface area contributed by atoms with Crippen molar-refractivity contribution in [1.82, 2.24) is 0 Å². The van der Waals surface area contributed by atoms with E-state index in [1.165, 1.54) is 16.0 Å². The monoisotopic (exact) mass is 324 g/mol. The summed E-state index contributed by atoms with van der Waals surface area (Å²) in [7, 11) is 0. The van der Waals surface area contributed by atoms with E-state index in [0.717, 1.165) is 23.0 Å². The van der Waals surface area contributed by atoms with E-state index >= 15 is 0 Å². The van der Waals surface area contributed by atoms with E-state index in [2.05, 4.69) is 53.2 Å². The molecule has 1 nitrogen and oxygen atoms in total. The Hall–Kier alpha value is -0.640. The molecule has 3 heteroatoms. The van der Waals surface area contributed by atoms with Crippen molar-refractivity contribution in [1.29, 1.82) is 0 Å². The molecule has 0 amide bonds. The van der Waals surface area contributed by atoms with Crippen LogP contribution in [0.4, 0.5) is 0 Å². The fraction of sp³-hybridized carbons (Fsp3) is 0.333. The van der Waals surface area contributed by atoms with Crippen LogP contribution < -0.4 is 0 Å². The van der Waals surface area contributed by atoms with E-state index in [4.69, 9.17) is 0 Å². The first-order valence-electron chi connectivity index (χ1n) is 6.12. The largest absolute Gasteiger partial charge is 0.393 e. The number of rotatable bonds is 5. The van der Waals surface area contributed by atoms with Crippen LogP contribution in [0.3, 0.4) is 0 Å². The SMILES string of the molecule is Cc1ccccc1CCC(O)Cc1ccc(Br)s1. The normalized spacial score (nSPS) is 12.6. The van der Waals surface area contributed by atoms with Gasteiger partial charge in [-0.3, -0.25) is 0 Å². The Morgan fingerprint density at radius 2 is 2.00 bits per heavy atom. The summed E-state index contributed by atoms with van der Waals surface area (Å²) < 4.78 is 1.13. The predicted octanol–water partition coefficient (Wildman–Crippen LogP) is 4.36. The second-order valence-corrected chi connectivity index (χ2v) is 7.08. The van der Waals surface area contributed by atoms with Gasteiger partial charge in [0.05, 0.1) is 9.89 Å². The number of aliphatic hydroxyl groups excluding tert-OH is 1. The minimum atomic E-state index is -0.254. The molecule has 1 unspecified atom stereocenters. The zero-order valence-electron chi connectivity index (χ0n) is 10.4. The fourth-order valence-corrected chi connectivity index (χ4v) is 3.56. The lowest BCUT2D eigenvalue weighted by atomic mass is 10.0. The van der Waals surface area contributed by atoms with Crippen molar-refractivity contribution in [2.45, 2.75) is 32.3 Å². The average Bonchev–Trinajstić information content (AvgIpc) is 2.74. The fourth-order valence-electron chi connectivity index (χ4n) is 2.01. The molecule has 0 fully saturated rings. The summed E-state index contributed by atoms with van der Waals surface area (Å²) in [6, 6.07) is 12.5. The highest BCUT2D eigenvalue weighted by molar-refractivity contribution is 9.11. The number of halogens is 1. The number of aliphatic hydroxyl groups is 1. The molecule has 0 bridgehead atoms. The molecule has 0 saturated heterocycles. The van der Waals surface area contributed by atoms with Crippen LogP contribution in [0.1, 0.15) is 22.4 Å². The van der Waals surface area contributed by atoms with Gasteiger partial charge in [-0.05, 0) is 59.0 Å². The lowest BCUT2D eigenvalue weighted by Crippen LogP contribution is -2.11. The molecule has 1 aromatic heterocycles. The summed E-state index contributed by atoms with van der Waals surface area (Å²) in [4.78, 5) is 1.24. The third-order valence-electron chi connectivity index (χ3n) is 3.07. The first-order chi connectivity index (χ1) is 8.65. The van der Waals surface area contributed by atoms with Crippen LogP contribution in [0.5, 0.6) is 0 Å². The molecule has 1 N–H and O–H groups in total. The lowest BCUT2D eigenvalue weighted by molar-refractivity contribution is 0.166. The van der Waals surface area contributed by atoms with Crippen molar-refractivity contribution in [3.8, 4) is 0 Å². The highest BCUT2D eigenvalue weighted by Gasteiger charge is 2.08. The maximum Gasteiger partial charge on any atom is 0.0701 e. The molecule has 96 valence electrons. The van der Waals surface area contributed by atoms with Crippen molar-refractivity contribution in [3.63, 3.8) is 0 Å². The van der Waals surface area contributed by atoms with Gasteiger partial charge >= 0.3 is 0 Å². The van der Waals surface area contributed by atoms with Gasteiger partial charge in [0, 0.05) is 11.3 Å². The summed E-state index contributed by atoms with van der Waals surface area (Å²) in [6.45, 7) is 2.12. The highest BCUT2D eigenvalue weighted by atomic mass is 79.9. The maximum absolute atomic E-state index is 10.1. The molecule has 0 spiro atoms. The standard InChI is InChI=1S/C15H17BrOS/c1-11-4-2-3-5-12(11)6-7-13(17)10-14-8-9-15(16)18-14/h2-5,8-9,13,17H,6-7,10H2,1H3. The van der Waals surface area contributed by atoms with Crippen LogP contribution >= 0.6 is 27.3 Å². The number of hydrogen-bond acceptors (Lipinski definition) is 2. The van der Waals surface area contributed by atoms with Gasteiger partial charge in [-0.1, -0.05) is 24.3 Å². The smallest absolute Gasteiger partial charge is 0.0701 e. The minimum absolute atomic E-state index is 0.254. The van der Waals surface area contributed by atoms with Gasteiger partial charge in [0.2, 0.25) is 0 Å². The Labute approximate surface area is 121 Å². The van der Waals surface area contributed by atoms with Crippen molar-refractivity contribution < 1.29 is 5.11 Å². The zero-order chi connectivity index (χ0) is 13.0. The van der Waals surface area contributed by atoms with E-state index in [1.54, 1.807) is 11.3 Å². The van der Waals surface area contributed by atoms with Crippen molar-refractivity contribution in [2.75, 3.05) is 0 Å². The molecule has 0 aliphatic carbocycles. The molecule has 1 atom stereocenters. The number of thiophene rings is 1. The summed E-state index contributed by atoms with van der Waals surface area (Å²) in [5, 5.41) is 10.1. The lowest BCUT2D eigenvalue weighted by Gasteiger charge is -2.10. The topological polar surface area (TPSA) is 20.2 Å². The Balaban J connectivity index is 1.85. The highest BCUT2D eigenvalue weighted by Crippen LogP contribution is 2.24. The first-order valence-corrected chi connectivity index (χ1v) is 7.73. The van der Waals surface area contributed by atoms with Gasteiger partial charge in [-0.2, -0.15) is 0 Å². The molecule has 0 radical (unpaired) electrons. The molecule has 2 rings (SSSR count). The maximum atomic E-state index is 10.1. The second-order valence-electron chi connectivity index (χ2n) is 4.53. The van der Waals surface area contributed by atoms with Crippen molar-refractivity contribution >= 4 is 27.3 Å². The second kappa shape index (κ2) is 6.50. The van der Waals surface area contributed by atoms with Gasteiger partial charge in [0.1, 0.15) is 0 Å². The summed E-state index contributed by atoms with van der Waals surface area (Å²) in [5.74, 6) is 0. The van der Waals surface area contributed by atoms with Crippen LogP contribution in [0.15, 0.2) is 40.2 Å². The van der Waals surface area contributed by atoms with Crippen LogP contribution in [0.2, 0.25) is 0 Å². The zero-order valence-corrected chi connectivity index (χ0v) is 12.8. The molecule has 18 heavy (non-hydrogen) atoms. The minimum Gasteiger partial charge on any atom is -0.393 e. The van der Waals surface area contributed by atoms with Gasteiger partial charge in [-0.25, -0.2) is 0 Å². The third kappa shape index (κ3) is 3.94.